The van der Waals surface area contributed by atoms with Crippen molar-refractivity contribution in [1.82, 2.24) is 0 Å². The summed E-state index contributed by atoms with van der Waals surface area (Å²) in [7, 11) is 0. The van der Waals surface area contributed by atoms with Gasteiger partial charge in [-0.25, -0.2) is 0 Å². The molecular weight excluding hydrogens is 300 g/mol. The average molecular weight is 306 g/mol. The van der Waals surface area contributed by atoms with Gasteiger partial charge in [0.1, 0.15) is 10.6 Å². The molecule has 0 fully saturated rings. The van der Waals surface area contributed by atoms with Gasteiger partial charge in [0, 0.05) is 0 Å². The molecule has 68 valence electrons. The molecule has 0 amide bonds. The van der Waals surface area contributed by atoms with Crippen LogP contribution in [0.2, 0.25) is 0 Å². The molecule has 2 atom stereocenters. The first-order valence-corrected chi connectivity index (χ1v) is 5.61. The summed E-state index contributed by atoms with van der Waals surface area (Å²) in [4.78, 5) is 11.4. The molecule has 0 saturated carbocycles. The third kappa shape index (κ3) is 1.53. The number of carbonyl (C=O) groups is 1. The molecule has 1 aliphatic rings. The van der Waals surface area contributed by atoms with Crippen LogP contribution < -0.4 is 4.74 Å². The fraction of sp³-hybridized carbons (Fsp3) is 0.222. The van der Waals surface area contributed by atoms with Crippen LogP contribution in [0.4, 0.5) is 0 Å². The number of hydrogen-bond acceptors (Lipinski definition) is 2. The quantitative estimate of drug-likeness (QED) is 0.689. The minimum atomic E-state index is -0.303. The molecule has 2 rings (SSSR count). The van der Waals surface area contributed by atoms with E-state index in [2.05, 4.69) is 31.9 Å². The van der Waals surface area contributed by atoms with E-state index in [1.807, 2.05) is 12.1 Å². The first-order chi connectivity index (χ1) is 6.20. The summed E-state index contributed by atoms with van der Waals surface area (Å²) in [6, 6.07) is 7.24. The molecule has 0 spiro atoms. The van der Waals surface area contributed by atoms with Crippen LogP contribution in [-0.2, 0) is 0 Å². The minimum absolute atomic E-state index is 0.0590. The Balaban J connectivity index is 2.49. The van der Waals surface area contributed by atoms with Crippen LogP contribution in [0.5, 0.6) is 5.75 Å². The van der Waals surface area contributed by atoms with Gasteiger partial charge in [-0.2, -0.15) is 0 Å². The molecule has 2 nitrogen and oxygen atoms in total. The normalized spacial score (nSPS) is 26.5. The summed E-state index contributed by atoms with van der Waals surface area (Å²) in [6.07, 6.45) is 0. The standard InChI is InChI=1S/C9H6Br2O2/c10-7-8(12)5-3-1-2-4-6(5)13-9(7)11/h1-4,7,9H/t7-,9-/m0/s1. The highest BCUT2D eigenvalue weighted by Gasteiger charge is 2.33. The minimum Gasteiger partial charge on any atom is -0.477 e. The molecular formula is C9H6Br2O2. The maximum absolute atomic E-state index is 11.7. The number of carbonyl (C=O) groups excluding carboxylic acids is 1. The summed E-state index contributed by atoms with van der Waals surface area (Å²) in [5, 5.41) is -0.283. The van der Waals surface area contributed by atoms with Crippen LogP contribution in [0.3, 0.4) is 0 Å². The lowest BCUT2D eigenvalue weighted by molar-refractivity contribution is 0.0935. The van der Waals surface area contributed by atoms with Crippen molar-refractivity contribution < 1.29 is 9.53 Å². The molecule has 0 aliphatic carbocycles. The number of ether oxygens (including phenoxy) is 1. The van der Waals surface area contributed by atoms with E-state index in [0.29, 0.717) is 11.3 Å². The monoisotopic (exact) mass is 304 g/mol. The van der Waals surface area contributed by atoms with Gasteiger partial charge in [0.05, 0.1) is 5.56 Å². The van der Waals surface area contributed by atoms with E-state index in [-0.39, 0.29) is 15.6 Å². The summed E-state index contributed by atoms with van der Waals surface area (Å²) in [6.45, 7) is 0. The number of halogens is 2. The van der Waals surface area contributed by atoms with Crippen molar-refractivity contribution >= 4 is 37.6 Å². The molecule has 0 aromatic heterocycles. The summed E-state index contributed by atoms with van der Waals surface area (Å²) < 4.78 is 5.46. The van der Waals surface area contributed by atoms with E-state index in [0.717, 1.165) is 0 Å². The van der Waals surface area contributed by atoms with Gasteiger partial charge < -0.3 is 4.74 Å². The summed E-state index contributed by atoms with van der Waals surface area (Å²) >= 11 is 6.54. The maximum atomic E-state index is 11.7. The number of para-hydroxylation sites is 1. The Morgan fingerprint density at radius 1 is 1.23 bits per heavy atom. The summed E-state index contributed by atoms with van der Waals surface area (Å²) in [5.74, 6) is 0.703. The van der Waals surface area contributed by atoms with Crippen molar-refractivity contribution in [2.45, 2.75) is 9.84 Å². The topological polar surface area (TPSA) is 26.3 Å². The van der Waals surface area contributed by atoms with Crippen LogP contribution >= 0.6 is 31.9 Å². The van der Waals surface area contributed by atoms with E-state index < -0.39 is 0 Å². The molecule has 0 unspecified atom stereocenters. The number of hydrogen-bond donors (Lipinski definition) is 0. The van der Waals surface area contributed by atoms with Crippen molar-refractivity contribution in [3.8, 4) is 5.75 Å². The van der Waals surface area contributed by atoms with Gasteiger partial charge in [-0.05, 0) is 28.1 Å². The van der Waals surface area contributed by atoms with Crippen LogP contribution in [0.1, 0.15) is 10.4 Å². The number of ketones is 1. The SMILES string of the molecule is O=C1c2ccccc2O[C@H](Br)[C@H]1Br. The second kappa shape index (κ2) is 3.42. The number of fused-ring (bicyclic) bond motifs is 1. The third-order valence-corrected chi connectivity index (χ3v) is 4.19. The van der Waals surface area contributed by atoms with Gasteiger partial charge in [0.2, 0.25) is 0 Å². The maximum Gasteiger partial charge on any atom is 0.184 e. The highest BCUT2D eigenvalue weighted by molar-refractivity contribution is 9.12. The Morgan fingerprint density at radius 3 is 2.69 bits per heavy atom. The van der Waals surface area contributed by atoms with Gasteiger partial charge in [-0.3, -0.25) is 4.79 Å². The van der Waals surface area contributed by atoms with Crippen LogP contribution in [-0.4, -0.2) is 15.6 Å². The van der Waals surface area contributed by atoms with E-state index in [4.69, 9.17) is 4.74 Å². The Labute approximate surface area is 92.5 Å². The Morgan fingerprint density at radius 2 is 1.92 bits per heavy atom. The van der Waals surface area contributed by atoms with Crippen LogP contribution in [0.15, 0.2) is 24.3 Å². The highest BCUT2D eigenvalue weighted by atomic mass is 79.9. The molecule has 1 aliphatic heterocycles. The lowest BCUT2D eigenvalue weighted by Gasteiger charge is -2.24. The number of rotatable bonds is 0. The molecule has 0 bridgehead atoms. The average Bonchev–Trinajstić information content (AvgIpc) is 2.15. The smallest absolute Gasteiger partial charge is 0.184 e. The van der Waals surface area contributed by atoms with Crippen LogP contribution in [0, 0.1) is 0 Å². The van der Waals surface area contributed by atoms with Crippen molar-refractivity contribution in [1.29, 1.82) is 0 Å². The number of Topliss-reactive ketones (excluding diaryl/α,β-unsaturated/α-hetero) is 1. The second-order valence-corrected chi connectivity index (χ2v) is 4.62. The van der Waals surface area contributed by atoms with Gasteiger partial charge >= 0.3 is 0 Å². The molecule has 4 heteroatoms. The highest BCUT2D eigenvalue weighted by Crippen LogP contribution is 2.32. The second-order valence-electron chi connectivity index (χ2n) is 2.73. The van der Waals surface area contributed by atoms with E-state index in [1.165, 1.54) is 0 Å². The fourth-order valence-electron chi connectivity index (χ4n) is 1.22. The van der Waals surface area contributed by atoms with E-state index in [1.54, 1.807) is 12.1 Å². The van der Waals surface area contributed by atoms with Gasteiger partial charge in [0.15, 0.2) is 10.8 Å². The Hall–Kier alpha value is -0.350. The molecule has 1 aromatic rings. The molecule has 1 aromatic carbocycles. The van der Waals surface area contributed by atoms with Crippen LogP contribution in [0.25, 0.3) is 0 Å². The summed E-state index contributed by atoms with van der Waals surface area (Å²) in [5.41, 5.74) is 0.639. The predicted octanol–water partition coefficient (Wildman–Crippen LogP) is 2.75. The molecule has 13 heavy (non-hydrogen) atoms. The third-order valence-electron chi connectivity index (χ3n) is 1.87. The first-order valence-electron chi connectivity index (χ1n) is 3.78. The van der Waals surface area contributed by atoms with Gasteiger partial charge in [0.25, 0.3) is 0 Å². The van der Waals surface area contributed by atoms with Crippen molar-refractivity contribution in [3.63, 3.8) is 0 Å². The molecule has 0 radical (unpaired) electrons. The van der Waals surface area contributed by atoms with Crippen molar-refractivity contribution in [2.75, 3.05) is 0 Å². The largest absolute Gasteiger partial charge is 0.477 e. The van der Waals surface area contributed by atoms with Gasteiger partial charge in [-0.1, -0.05) is 28.1 Å². The Kier molecular flexibility index (Phi) is 2.43. The zero-order chi connectivity index (χ0) is 9.42. The zero-order valence-electron chi connectivity index (χ0n) is 6.54. The molecule has 0 saturated heterocycles. The number of alkyl halides is 2. The number of benzene rings is 1. The van der Waals surface area contributed by atoms with E-state index >= 15 is 0 Å². The Bertz CT molecular complexity index is 351. The van der Waals surface area contributed by atoms with E-state index in [9.17, 15) is 4.79 Å². The van der Waals surface area contributed by atoms with Crippen molar-refractivity contribution in [2.24, 2.45) is 0 Å². The lowest BCUT2D eigenvalue weighted by Crippen LogP contribution is -2.33. The van der Waals surface area contributed by atoms with Crippen molar-refractivity contribution in [3.05, 3.63) is 29.8 Å². The molecule has 1 heterocycles. The predicted molar refractivity (Wildman–Crippen MR) is 56.8 cm³/mol. The lowest BCUT2D eigenvalue weighted by atomic mass is 10.1. The fourth-order valence-corrected chi connectivity index (χ4v) is 2.02. The van der Waals surface area contributed by atoms with Gasteiger partial charge in [-0.15, -0.1) is 0 Å². The first kappa shape index (κ1) is 9.21. The molecule has 0 N–H and O–H groups in total. The zero-order valence-corrected chi connectivity index (χ0v) is 9.71.